The molecule has 0 bridgehead atoms. The Hall–Kier alpha value is -2.09. The number of carbonyl (C=O) groups excluding carboxylic acids is 1. The first kappa shape index (κ1) is 21.6. The molecular formula is C21H26F3NO4. The van der Waals surface area contributed by atoms with Crippen molar-refractivity contribution in [3.05, 3.63) is 35.4 Å². The van der Waals surface area contributed by atoms with E-state index in [0.717, 1.165) is 37.1 Å². The number of halogens is 3. The Morgan fingerprint density at radius 1 is 1.10 bits per heavy atom. The maximum absolute atomic E-state index is 13.2. The van der Waals surface area contributed by atoms with Gasteiger partial charge in [0.2, 0.25) is 0 Å². The van der Waals surface area contributed by atoms with E-state index in [2.05, 4.69) is 20.8 Å². The molecule has 1 amide bonds. The van der Waals surface area contributed by atoms with E-state index in [0.29, 0.717) is 18.8 Å². The second-order valence-corrected chi connectivity index (χ2v) is 9.00. The van der Waals surface area contributed by atoms with Crippen molar-refractivity contribution in [1.29, 1.82) is 0 Å². The average molecular weight is 413 g/mol. The van der Waals surface area contributed by atoms with Gasteiger partial charge >= 0.3 is 12.1 Å². The van der Waals surface area contributed by atoms with E-state index in [1.54, 1.807) is 0 Å². The van der Waals surface area contributed by atoms with Crippen LogP contribution in [0.25, 0.3) is 0 Å². The topological polar surface area (TPSA) is 66.8 Å². The highest BCUT2D eigenvalue weighted by Crippen LogP contribution is 2.47. The Bertz CT molecular complexity index is 775. The summed E-state index contributed by atoms with van der Waals surface area (Å²) in [6.45, 7) is 6.32. The number of nitrogens with zero attached hydrogens (tertiary/aromatic N) is 1. The zero-order chi connectivity index (χ0) is 21.6. The van der Waals surface area contributed by atoms with Gasteiger partial charge in [-0.25, -0.2) is 4.79 Å². The number of amides is 1. The molecule has 1 aliphatic heterocycles. The molecule has 1 aromatic carbocycles. The highest BCUT2D eigenvalue weighted by Gasteiger charge is 2.54. The fourth-order valence-corrected chi connectivity index (χ4v) is 4.43. The van der Waals surface area contributed by atoms with E-state index in [4.69, 9.17) is 4.74 Å². The van der Waals surface area contributed by atoms with Gasteiger partial charge in [-0.15, -0.1) is 0 Å². The number of rotatable bonds is 2. The van der Waals surface area contributed by atoms with Crippen LogP contribution in [0.4, 0.5) is 13.2 Å². The smallest absolute Gasteiger partial charge is 0.416 e. The molecule has 5 nitrogen and oxygen atoms in total. The van der Waals surface area contributed by atoms with Crippen molar-refractivity contribution < 1.29 is 32.6 Å². The second-order valence-electron chi connectivity index (χ2n) is 9.00. The lowest BCUT2D eigenvalue weighted by Crippen LogP contribution is -2.55. The summed E-state index contributed by atoms with van der Waals surface area (Å²) in [5, 5.41) is 9.60. The molecule has 1 saturated heterocycles. The first-order valence-corrected chi connectivity index (χ1v) is 9.73. The van der Waals surface area contributed by atoms with Crippen LogP contribution < -0.4 is 0 Å². The summed E-state index contributed by atoms with van der Waals surface area (Å²) < 4.78 is 44.3. The van der Waals surface area contributed by atoms with Crippen molar-refractivity contribution in [2.24, 2.45) is 11.3 Å². The molecule has 1 atom stereocenters. The van der Waals surface area contributed by atoms with Crippen LogP contribution in [-0.2, 0) is 15.7 Å². The molecule has 1 spiro atoms. The fraction of sp³-hybridized carbons (Fsp3) is 0.619. The SMILES string of the molecule is CC(C)(C)C1CCC2(CC1)OC[C@H](C(=O)O)N2C(=O)c1ccc(C(F)(F)F)cc1. The first-order chi connectivity index (χ1) is 13.3. The van der Waals surface area contributed by atoms with Crippen molar-refractivity contribution in [1.82, 2.24) is 4.90 Å². The predicted molar refractivity (Wildman–Crippen MR) is 99.1 cm³/mol. The van der Waals surface area contributed by atoms with Crippen LogP contribution in [0.1, 0.15) is 62.4 Å². The van der Waals surface area contributed by atoms with Crippen molar-refractivity contribution >= 4 is 11.9 Å². The molecule has 0 aromatic heterocycles. The van der Waals surface area contributed by atoms with E-state index in [1.165, 1.54) is 4.90 Å². The minimum Gasteiger partial charge on any atom is -0.480 e. The van der Waals surface area contributed by atoms with Gasteiger partial charge in [-0.2, -0.15) is 13.2 Å². The minimum absolute atomic E-state index is 0.0204. The lowest BCUT2D eigenvalue weighted by atomic mass is 9.70. The monoisotopic (exact) mass is 413 g/mol. The van der Waals surface area contributed by atoms with Gasteiger partial charge < -0.3 is 9.84 Å². The van der Waals surface area contributed by atoms with Crippen LogP contribution in [0.5, 0.6) is 0 Å². The molecule has 3 rings (SSSR count). The van der Waals surface area contributed by atoms with Gasteiger partial charge in [-0.1, -0.05) is 20.8 Å². The van der Waals surface area contributed by atoms with Crippen molar-refractivity contribution in [3.63, 3.8) is 0 Å². The number of carboxylic acids is 1. The molecule has 1 heterocycles. The molecule has 0 radical (unpaired) electrons. The maximum Gasteiger partial charge on any atom is 0.416 e. The Balaban J connectivity index is 1.88. The lowest BCUT2D eigenvalue weighted by molar-refractivity contribution is -0.144. The zero-order valence-electron chi connectivity index (χ0n) is 16.8. The van der Waals surface area contributed by atoms with Gasteiger partial charge in [0, 0.05) is 5.56 Å². The fourth-order valence-electron chi connectivity index (χ4n) is 4.43. The van der Waals surface area contributed by atoms with Gasteiger partial charge in [0.15, 0.2) is 6.04 Å². The van der Waals surface area contributed by atoms with Crippen LogP contribution in [0.15, 0.2) is 24.3 Å². The van der Waals surface area contributed by atoms with E-state index < -0.39 is 35.4 Å². The Labute approximate surface area is 167 Å². The molecule has 1 aliphatic carbocycles. The van der Waals surface area contributed by atoms with Gasteiger partial charge in [0.1, 0.15) is 5.72 Å². The molecular weight excluding hydrogens is 387 g/mol. The predicted octanol–water partition coefficient (Wildman–Crippen LogP) is 4.56. The van der Waals surface area contributed by atoms with Gasteiger partial charge in [0.05, 0.1) is 12.2 Å². The molecule has 160 valence electrons. The van der Waals surface area contributed by atoms with Crippen LogP contribution in [-0.4, -0.2) is 40.3 Å². The normalized spacial score (nSPS) is 28.0. The van der Waals surface area contributed by atoms with Crippen molar-refractivity contribution in [2.75, 3.05) is 6.61 Å². The van der Waals surface area contributed by atoms with Gasteiger partial charge in [0.25, 0.3) is 5.91 Å². The average Bonchev–Trinajstić information content (AvgIpc) is 2.99. The summed E-state index contributed by atoms with van der Waals surface area (Å²) >= 11 is 0. The maximum atomic E-state index is 13.2. The molecule has 8 heteroatoms. The molecule has 1 aromatic rings. The van der Waals surface area contributed by atoms with E-state index in [9.17, 15) is 27.9 Å². The van der Waals surface area contributed by atoms with Crippen LogP contribution >= 0.6 is 0 Å². The van der Waals surface area contributed by atoms with Crippen LogP contribution in [0.2, 0.25) is 0 Å². The number of benzene rings is 1. The summed E-state index contributed by atoms with van der Waals surface area (Å²) in [6, 6.07) is 2.70. The van der Waals surface area contributed by atoms with E-state index >= 15 is 0 Å². The van der Waals surface area contributed by atoms with Crippen molar-refractivity contribution in [3.8, 4) is 0 Å². The zero-order valence-corrected chi connectivity index (χ0v) is 16.8. The number of alkyl halides is 3. The minimum atomic E-state index is -4.51. The Morgan fingerprint density at radius 3 is 2.10 bits per heavy atom. The summed E-state index contributed by atoms with van der Waals surface area (Å²) in [6.07, 6.45) is -1.93. The summed E-state index contributed by atoms with van der Waals surface area (Å²) in [7, 11) is 0. The molecule has 1 N–H and O–H groups in total. The Kier molecular flexibility index (Phi) is 5.45. The second kappa shape index (κ2) is 7.31. The lowest BCUT2D eigenvalue weighted by Gasteiger charge is -2.46. The third kappa shape index (κ3) is 4.13. The molecule has 2 fully saturated rings. The Morgan fingerprint density at radius 2 is 1.66 bits per heavy atom. The number of carboxylic acid groups (broad SMARTS) is 1. The van der Waals surface area contributed by atoms with Crippen molar-refractivity contribution in [2.45, 2.75) is 64.4 Å². The highest BCUT2D eigenvalue weighted by molar-refractivity contribution is 5.97. The van der Waals surface area contributed by atoms with Crippen LogP contribution in [0.3, 0.4) is 0 Å². The molecule has 1 saturated carbocycles. The number of ether oxygens (including phenoxy) is 1. The standard InChI is InChI=1S/C21H26F3NO4/c1-19(2,3)14-8-10-20(11-9-14)25(16(12-29-20)18(27)28)17(26)13-4-6-15(7-5-13)21(22,23)24/h4-7,14,16H,8-12H2,1-3H3,(H,27,28)/t14?,16-,20?/m1/s1. The number of carbonyl (C=O) groups is 2. The third-order valence-corrected chi connectivity index (χ3v) is 6.22. The van der Waals surface area contributed by atoms with E-state index in [-0.39, 0.29) is 17.6 Å². The van der Waals surface area contributed by atoms with Gasteiger partial charge in [-0.05, 0) is 61.3 Å². The number of hydrogen-bond donors (Lipinski definition) is 1. The van der Waals surface area contributed by atoms with Gasteiger partial charge in [-0.3, -0.25) is 9.69 Å². The van der Waals surface area contributed by atoms with Crippen LogP contribution in [0, 0.1) is 11.3 Å². The largest absolute Gasteiger partial charge is 0.480 e. The summed E-state index contributed by atoms with van der Waals surface area (Å²) in [5.74, 6) is -1.37. The third-order valence-electron chi connectivity index (χ3n) is 6.22. The highest BCUT2D eigenvalue weighted by atomic mass is 19.4. The first-order valence-electron chi connectivity index (χ1n) is 9.73. The quantitative estimate of drug-likeness (QED) is 0.772. The summed E-state index contributed by atoms with van der Waals surface area (Å²) in [4.78, 5) is 26.2. The number of aliphatic carboxylic acids is 1. The molecule has 2 aliphatic rings. The summed E-state index contributed by atoms with van der Waals surface area (Å²) in [5.41, 5.74) is -1.77. The molecule has 29 heavy (non-hydrogen) atoms. The molecule has 0 unspecified atom stereocenters. The number of hydrogen-bond acceptors (Lipinski definition) is 3. The van der Waals surface area contributed by atoms with E-state index in [1.807, 2.05) is 0 Å².